The fourth-order valence-electron chi connectivity index (χ4n) is 3.55. The van der Waals surface area contributed by atoms with Crippen LogP contribution in [0.3, 0.4) is 0 Å². The molecule has 1 aromatic heterocycles. The van der Waals surface area contributed by atoms with E-state index in [1.807, 2.05) is 42.2 Å². The van der Waals surface area contributed by atoms with Crippen molar-refractivity contribution in [2.24, 2.45) is 11.5 Å². The first-order valence-corrected chi connectivity index (χ1v) is 10.8. The Kier molecular flexibility index (Phi) is 7.48. The molecule has 0 radical (unpaired) electrons. The lowest BCUT2D eigenvalue weighted by Gasteiger charge is -2.34. The van der Waals surface area contributed by atoms with Crippen molar-refractivity contribution in [1.82, 2.24) is 4.98 Å². The Labute approximate surface area is 186 Å². The molecule has 2 heterocycles. The average molecular weight is 437 g/mol. The number of rotatable bonds is 7. The predicted octanol–water partition coefficient (Wildman–Crippen LogP) is 2.55. The maximum Gasteiger partial charge on any atom is 0.235 e. The standard InChI is InChI=1S/C22H24N6O2S/c1-3-16-17(12-24)22(31-19(20(25)29)14-7-5-4-6-8-14)27-21(18(16)26-2)28-9-10-30-15(11-23)13-28/h4-8,15,19H,3,9-11,13,23H2,1H3,(H2,25,29)/t15-,19-/m1/s1. The minimum absolute atomic E-state index is 0.159. The van der Waals surface area contributed by atoms with Crippen LogP contribution in [-0.4, -0.2) is 43.2 Å². The molecule has 160 valence electrons. The molecule has 0 aliphatic carbocycles. The summed E-state index contributed by atoms with van der Waals surface area (Å²) in [6.45, 7) is 11.5. The Morgan fingerprint density at radius 2 is 2.23 bits per heavy atom. The number of pyridine rings is 1. The molecule has 0 spiro atoms. The van der Waals surface area contributed by atoms with Crippen molar-refractivity contribution in [3.63, 3.8) is 0 Å². The van der Waals surface area contributed by atoms with Crippen molar-refractivity contribution < 1.29 is 9.53 Å². The van der Waals surface area contributed by atoms with Crippen molar-refractivity contribution in [2.45, 2.75) is 29.7 Å². The van der Waals surface area contributed by atoms with Crippen LogP contribution in [0.25, 0.3) is 4.85 Å². The van der Waals surface area contributed by atoms with Crippen LogP contribution in [-0.2, 0) is 16.0 Å². The summed E-state index contributed by atoms with van der Waals surface area (Å²) in [4.78, 5) is 22.6. The quantitative estimate of drug-likeness (QED) is 0.505. The maximum atomic E-state index is 12.3. The minimum atomic E-state index is -0.710. The van der Waals surface area contributed by atoms with E-state index in [0.717, 1.165) is 17.3 Å². The van der Waals surface area contributed by atoms with E-state index in [9.17, 15) is 10.1 Å². The first-order chi connectivity index (χ1) is 15.0. The Bertz CT molecular complexity index is 1030. The summed E-state index contributed by atoms with van der Waals surface area (Å²) in [6.07, 6.45) is 0.328. The second-order valence-corrected chi connectivity index (χ2v) is 8.10. The number of carbonyl (C=O) groups is 1. The number of hydrogen-bond donors (Lipinski definition) is 2. The third-order valence-electron chi connectivity index (χ3n) is 5.09. The lowest BCUT2D eigenvalue weighted by molar-refractivity contribution is -0.117. The van der Waals surface area contributed by atoms with Crippen molar-refractivity contribution in [3.05, 3.63) is 58.4 Å². The van der Waals surface area contributed by atoms with Gasteiger partial charge in [-0.15, -0.1) is 0 Å². The second kappa shape index (κ2) is 10.3. The van der Waals surface area contributed by atoms with E-state index >= 15 is 0 Å². The Morgan fingerprint density at radius 3 is 2.81 bits per heavy atom. The van der Waals surface area contributed by atoms with Crippen molar-refractivity contribution in [1.29, 1.82) is 5.26 Å². The van der Waals surface area contributed by atoms with Gasteiger partial charge in [-0.25, -0.2) is 9.83 Å². The summed E-state index contributed by atoms with van der Waals surface area (Å²) >= 11 is 1.14. The molecule has 4 N–H and O–H groups in total. The molecule has 0 bridgehead atoms. The highest BCUT2D eigenvalue weighted by Crippen LogP contribution is 2.42. The van der Waals surface area contributed by atoms with Gasteiger partial charge >= 0.3 is 0 Å². The number of benzene rings is 1. The number of amides is 1. The molecule has 0 saturated carbocycles. The van der Waals surface area contributed by atoms with Gasteiger partial charge in [-0.1, -0.05) is 49.0 Å². The average Bonchev–Trinajstić information content (AvgIpc) is 2.81. The number of morpholine rings is 1. The lowest BCUT2D eigenvalue weighted by Crippen LogP contribution is -2.46. The Balaban J connectivity index is 2.12. The zero-order valence-electron chi connectivity index (χ0n) is 17.2. The molecule has 2 aromatic rings. The van der Waals surface area contributed by atoms with Gasteiger partial charge in [-0.2, -0.15) is 5.26 Å². The molecule has 1 fully saturated rings. The monoisotopic (exact) mass is 436 g/mol. The highest BCUT2D eigenvalue weighted by atomic mass is 32.2. The molecule has 1 aromatic carbocycles. The Morgan fingerprint density at radius 1 is 1.48 bits per heavy atom. The normalized spacial score (nSPS) is 16.9. The maximum absolute atomic E-state index is 12.3. The highest BCUT2D eigenvalue weighted by Gasteiger charge is 2.29. The van der Waals surface area contributed by atoms with Crippen molar-refractivity contribution in [2.75, 3.05) is 31.1 Å². The van der Waals surface area contributed by atoms with Gasteiger partial charge in [0.2, 0.25) is 11.6 Å². The van der Waals surface area contributed by atoms with Gasteiger partial charge in [0.25, 0.3) is 0 Å². The number of hydrogen-bond acceptors (Lipinski definition) is 7. The molecule has 9 heteroatoms. The Hall–Kier alpha value is -3.11. The number of anilines is 1. The van der Waals surface area contributed by atoms with E-state index in [1.165, 1.54) is 0 Å². The van der Waals surface area contributed by atoms with Crippen LogP contribution >= 0.6 is 11.8 Å². The number of ether oxygens (including phenoxy) is 1. The molecule has 3 rings (SSSR count). The molecule has 1 aliphatic heterocycles. The van der Waals surface area contributed by atoms with Crippen LogP contribution < -0.4 is 16.4 Å². The first kappa shape index (κ1) is 22.6. The van der Waals surface area contributed by atoms with Crippen LogP contribution in [0.5, 0.6) is 0 Å². The van der Waals surface area contributed by atoms with Gasteiger partial charge in [0.05, 0.1) is 24.8 Å². The number of carbonyl (C=O) groups excluding carboxylic acids is 1. The van der Waals surface area contributed by atoms with Crippen LogP contribution in [0.2, 0.25) is 0 Å². The van der Waals surface area contributed by atoms with E-state index in [2.05, 4.69) is 10.9 Å². The SMILES string of the molecule is [C-]#[N+]c1c(N2CCO[C@H](CN)C2)nc(S[C@@H](C(N)=O)c2ccccc2)c(C#N)c1CC. The minimum Gasteiger partial charge on any atom is -0.373 e. The number of nitrogens with two attached hydrogens (primary N) is 2. The zero-order chi connectivity index (χ0) is 22.4. The molecule has 1 amide bonds. The van der Waals surface area contributed by atoms with Gasteiger partial charge in [-0.05, 0) is 17.5 Å². The molecule has 8 nitrogen and oxygen atoms in total. The van der Waals surface area contributed by atoms with E-state index < -0.39 is 11.2 Å². The highest BCUT2D eigenvalue weighted by molar-refractivity contribution is 8.00. The molecule has 1 saturated heterocycles. The fraction of sp³-hybridized carbons (Fsp3) is 0.364. The summed E-state index contributed by atoms with van der Waals surface area (Å²) < 4.78 is 5.65. The molecule has 31 heavy (non-hydrogen) atoms. The fourth-order valence-corrected chi connectivity index (χ4v) is 4.61. The third-order valence-corrected chi connectivity index (χ3v) is 6.35. The van der Waals surface area contributed by atoms with Gasteiger partial charge in [0.15, 0.2) is 0 Å². The van der Waals surface area contributed by atoms with Crippen LogP contribution in [0, 0.1) is 17.9 Å². The summed E-state index contributed by atoms with van der Waals surface area (Å²) in [5.74, 6) is -0.0308. The largest absolute Gasteiger partial charge is 0.373 e. The summed E-state index contributed by atoms with van der Waals surface area (Å²) in [5.41, 5.74) is 13.5. The number of aromatic nitrogens is 1. The third kappa shape index (κ3) is 4.80. The zero-order valence-corrected chi connectivity index (χ0v) is 18.1. The van der Waals surface area contributed by atoms with Crippen LogP contribution in [0.15, 0.2) is 35.4 Å². The van der Waals surface area contributed by atoms with Crippen LogP contribution in [0.4, 0.5) is 11.5 Å². The molecule has 1 aliphatic rings. The molecule has 0 unspecified atom stereocenters. The number of nitriles is 1. The number of thioether (sulfide) groups is 1. The lowest BCUT2D eigenvalue weighted by atomic mass is 10.1. The van der Waals surface area contributed by atoms with E-state index in [1.54, 1.807) is 0 Å². The first-order valence-electron chi connectivity index (χ1n) is 9.95. The molecular weight excluding hydrogens is 412 g/mol. The molecule has 2 atom stereocenters. The van der Waals surface area contributed by atoms with Gasteiger partial charge in [0.1, 0.15) is 22.2 Å². The molecular formula is C22H24N6O2S. The summed E-state index contributed by atoms with van der Waals surface area (Å²) in [5, 5.41) is 9.57. The number of primary amides is 1. The number of nitrogens with zero attached hydrogens (tertiary/aromatic N) is 4. The van der Waals surface area contributed by atoms with E-state index in [4.69, 9.17) is 27.8 Å². The summed E-state index contributed by atoms with van der Waals surface area (Å²) in [6, 6.07) is 11.3. The van der Waals surface area contributed by atoms with Gasteiger partial charge in [0, 0.05) is 19.6 Å². The van der Waals surface area contributed by atoms with Gasteiger partial charge in [-0.3, -0.25) is 4.79 Å². The van der Waals surface area contributed by atoms with Crippen molar-refractivity contribution >= 4 is 29.2 Å². The predicted molar refractivity (Wildman–Crippen MR) is 120 cm³/mol. The van der Waals surface area contributed by atoms with Gasteiger partial charge < -0.3 is 21.1 Å². The van der Waals surface area contributed by atoms with E-state index in [-0.39, 0.29) is 6.10 Å². The van der Waals surface area contributed by atoms with Crippen LogP contribution in [0.1, 0.15) is 28.9 Å². The topological polar surface area (TPSA) is 123 Å². The van der Waals surface area contributed by atoms with Crippen molar-refractivity contribution in [3.8, 4) is 6.07 Å². The van der Waals surface area contributed by atoms with E-state index in [0.29, 0.717) is 60.3 Å². The smallest absolute Gasteiger partial charge is 0.235 e. The summed E-state index contributed by atoms with van der Waals surface area (Å²) in [7, 11) is 0. The second-order valence-electron chi connectivity index (χ2n) is 7.01.